The molecule has 1 heterocycles. The van der Waals surface area contributed by atoms with Crippen LogP contribution >= 0.6 is 0 Å². The molecule has 0 saturated heterocycles. The minimum absolute atomic E-state index is 0.114. The molecular weight excluding hydrogens is 266 g/mol. The van der Waals surface area contributed by atoms with E-state index in [2.05, 4.69) is 4.98 Å². The minimum Gasteiger partial charge on any atom is -0.491 e. The fraction of sp³-hybridized carbons (Fsp3) is 0.353. The van der Waals surface area contributed by atoms with E-state index >= 15 is 0 Å². The molecule has 0 bridgehead atoms. The van der Waals surface area contributed by atoms with Crippen LogP contribution in [0.15, 0.2) is 42.6 Å². The molecule has 1 unspecified atom stereocenters. The summed E-state index contributed by atoms with van der Waals surface area (Å²) in [5, 5.41) is 10.3. The lowest BCUT2D eigenvalue weighted by Gasteiger charge is -2.14. The third kappa shape index (κ3) is 4.46. The van der Waals surface area contributed by atoms with Gasteiger partial charge in [0.15, 0.2) is 0 Å². The Morgan fingerprint density at radius 2 is 2.00 bits per heavy atom. The van der Waals surface area contributed by atoms with Crippen molar-refractivity contribution in [2.24, 2.45) is 0 Å². The van der Waals surface area contributed by atoms with Gasteiger partial charge in [-0.15, -0.1) is 0 Å². The minimum atomic E-state index is -0.587. The zero-order valence-electron chi connectivity index (χ0n) is 12.6. The molecule has 0 aliphatic rings. The topological polar surface area (TPSA) is 51.6 Å². The highest BCUT2D eigenvalue weighted by atomic mass is 16.5. The van der Waals surface area contributed by atoms with Gasteiger partial charge in [-0.2, -0.15) is 0 Å². The maximum absolute atomic E-state index is 10.3. The fourth-order valence-electron chi connectivity index (χ4n) is 2.06. The number of aliphatic hydroxyl groups excluding tert-OH is 1. The highest BCUT2D eigenvalue weighted by molar-refractivity contribution is 5.31. The summed E-state index contributed by atoms with van der Waals surface area (Å²) in [5.74, 6) is 1.34. The summed E-state index contributed by atoms with van der Waals surface area (Å²) in [4.78, 5) is 4.14. The van der Waals surface area contributed by atoms with Gasteiger partial charge in [0, 0.05) is 18.7 Å². The van der Waals surface area contributed by atoms with Crippen LogP contribution in [0.2, 0.25) is 0 Å². The van der Waals surface area contributed by atoms with Gasteiger partial charge in [-0.25, -0.2) is 4.98 Å². The molecule has 0 amide bonds. The Hall–Kier alpha value is -2.07. The number of rotatable bonds is 6. The van der Waals surface area contributed by atoms with E-state index in [1.54, 1.807) is 19.4 Å². The highest BCUT2D eigenvalue weighted by Crippen LogP contribution is 2.23. The van der Waals surface area contributed by atoms with E-state index in [4.69, 9.17) is 9.47 Å². The lowest BCUT2D eigenvalue weighted by molar-refractivity contribution is 0.177. The molecule has 2 rings (SSSR count). The molecule has 0 radical (unpaired) electrons. The second-order valence-corrected chi connectivity index (χ2v) is 5.17. The quantitative estimate of drug-likeness (QED) is 0.886. The average molecular weight is 287 g/mol. The first-order chi connectivity index (χ1) is 10.1. The van der Waals surface area contributed by atoms with Gasteiger partial charge >= 0.3 is 0 Å². The monoisotopic (exact) mass is 287 g/mol. The number of methoxy groups -OCH3 is 1. The van der Waals surface area contributed by atoms with E-state index in [0.717, 1.165) is 16.9 Å². The molecular formula is C17H21NO3. The van der Waals surface area contributed by atoms with Crippen molar-refractivity contribution in [1.82, 2.24) is 4.98 Å². The third-order valence-electron chi connectivity index (χ3n) is 3.05. The molecule has 21 heavy (non-hydrogen) atoms. The number of hydrogen-bond acceptors (Lipinski definition) is 4. The van der Waals surface area contributed by atoms with Gasteiger partial charge in [-0.05, 0) is 37.1 Å². The Labute approximate surface area is 125 Å². The summed E-state index contributed by atoms with van der Waals surface area (Å²) in [6.45, 7) is 3.96. The summed E-state index contributed by atoms with van der Waals surface area (Å²) >= 11 is 0. The van der Waals surface area contributed by atoms with Crippen LogP contribution in [0, 0.1) is 0 Å². The van der Waals surface area contributed by atoms with Crippen LogP contribution in [-0.4, -0.2) is 23.3 Å². The molecule has 0 spiro atoms. The molecule has 0 aliphatic heterocycles. The van der Waals surface area contributed by atoms with Crippen LogP contribution < -0.4 is 9.47 Å². The van der Waals surface area contributed by atoms with Crippen LogP contribution in [0.1, 0.15) is 31.1 Å². The van der Waals surface area contributed by atoms with Crippen LogP contribution in [0.25, 0.3) is 0 Å². The van der Waals surface area contributed by atoms with Gasteiger partial charge in [0.1, 0.15) is 5.75 Å². The van der Waals surface area contributed by atoms with Crippen molar-refractivity contribution in [2.45, 2.75) is 32.5 Å². The van der Waals surface area contributed by atoms with Crippen molar-refractivity contribution < 1.29 is 14.6 Å². The molecule has 0 fully saturated rings. The van der Waals surface area contributed by atoms with E-state index < -0.39 is 6.10 Å². The van der Waals surface area contributed by atoms with Gasteiger partial charge in [-0.3, -0.25) is 0 Å². The number of pyridine rings is 1. The smallest absolute Gasteiger partial charge is 0.212 e. The van der Waals surface area contributed by atoms with Gasteiger partial charge in [0.05, 0.1) is 19.3 Å². The van der Waals surface area contributed by atoms with Crippen molar-refractivity contribution >= 4 is 0 Å². The first kappa shape index (κ1) is 15.3. The number of benzene rings is 1. The van der Waals surface area contributed by atoms with Crippen LogP contribution in [0.4, 0.5) is 0 Å². The molecule has 2 aromatic rings. The van der Waals surface area contributed by atoms with E-state index in [0.29, 0.717) is 12.3 Å². The molecule has 1 atom stereocenters. The molecule has 4 nitrogen and oxygen atoms in total. The summed E-state index contributed by atoms with van der Waals surface area (Å²) in [6.07, 6.45) is 1.75. The molecule has 0 saturated carbocycles. The Morgan fingerprint density at radius 3 is 2.62 bits per heavy atom. The molecule has 0 aliphatic carbocycles. The first-order valence-electron chi connectivity index (χ1n) is 7.02. The largest absolute Gasteiger partial charge is 0.491 e. The molecule has 1 aromatic heterocycles. The summed E-state index contributed by atoms with van der Waals surface area (Å²) < 4.78 is 10.7. The molecule has 112 valence electrons. The third-order valence-corrected chi connectivity index (χ3v) is 3.05. The summed E-state index contributed by atoms with van der Waals surface area (Å²) in [5.41, 5.74) is 1.79. The zero-order valence-corrected chi connectivity index (χ0v) is 12.6. The predicted octanol–water partition coefficient (Wildman–Crippen LogP) is 3.15. The lowest BCUT2D eigenvalue weighted by Crippen LogP contribution is -2.07. The van der Waals surface area contributed by atoms with E-state index in [1.807, 2.05) is 44.2 Å². The first-order valence-corrected chi connectivity index (χ1v) is 7.02. The second-order valence-electron chi connectivity index (χ2n) is 5.17. The standard InChI is InChI=1S/C17H21NO3/c1-12(2)21-15-6-4-5-14(10-15)16(19)9-13-7-8-17(20-3)18-11-13/h4-8,10-12,16,19H,9H2,1-3H3. The van der Waals surface area contributed by atoms with E-state index in [1.165, 1.54) is 0 Å². The maximum atomic E-state index is 10.3. The Kier molecular flexibility index (Phi) is 5.17. The van der Waals surface area contributed by atoms with Crippen LogP contribution in [-0.2, 0) is 6.42 Å². The normalized spacial score (nSPS) is 12.2. The van der Waals surface area contributed by atoms with Gasteiger partial charge in [0.25, 0.3) is 0 Å². The number of ether oxygens (including phenoxy) is 2. The van der Waals surface area contributed by atoms with Gasteiger partial charge < -0.3 is 14.6 Å². The Morgan fingerprint density at radius 1 is 1.19 bits per heavy atom. The van der Waals surface area contributed by atoms with E-state index in [9.17, 15) is 5.11 Å². The second kappa shape index (κ2) is 7.09. The number of aromatic nitrogens is 1. The Balaban J connectivity index is 2.06. The van der Waals surface area contributed by atoms with Crippen LogP contribution in [0.3, 0.4) is 0 Å². The van der Waals surface area contributed by atoms with Crippen molar-refractivity contribution in [3.8, 4) is 11.6 Å². The molecule has 1 aromatic carbocycles. The number of hydrogen-bond donors (Lipinski definition) is 1. The molecule has 1 N–H and O–H groups in total. The number of aliphatic hydroxyl groups is 1. The fourth-order valence-corrected chi connectivity index (χ4v) is 2.06. The highest BCUT2D eigenvalue weighted by Gasteiger charge is 2.10. The molecule has 4 heteroatoms. The van der Waals surface area contributed by atoms with Crippen molar-refractivity contribution in [1.29, 1.82) is 0 Å². The zero-order chi connectivity index (χ0) is 15.2. The number of nitrogens with zero attached hydrogens (tertiary/aromatic N) is 1. The summed E-state index contributed by atoms with van der Waals surface area (Å²) in [6, 6.07) is 11.3. The van der Waals surface area contributed by atoms with Crippen molar-refractivity contribution in [3.05, 3.63) is 53.7 Å². The van der Waals surface area contributed by atoms with Crippen molar-refractivity contribution in [3.63, 3.8) is 0 Å². The maximum Gasteiger partial charge on any atom is 0.212 e. The lowest BCUT2D eigenvalue weighted by atomic mass is 10.0. The van der Waals surface area contributed by atoms with Gasteiger partial charge in [-0.1, -0.05) is 18.2 Å². The average Bonchev–Trinajstić information content (AvgIpc) is 2.47. The van der Waals surface area contributed by atoms with Gasteiger partial charge in [0.2, 0.25) is 5.88 Å². The predicted molar refractivity (Wildman–Crippen MR) is 81.7 cm³/mol. The Bertz CT molecular complexity index is 567. The summed E-state index contributed by atoms with van der Waals surface area (Å²) in [7, 11) is 1.58. The SMILES string of the molecule is COc1ccc(CC(O)c2cccc(OC(C)C)c2)cn1. The van der Waals surface area contributed by atoms with E-state index in [-0.39, 0.29) is 6.10 Å². The van der Waals surface area contributed by atoms with Crippen LogP contribution in [0.5, 0.6) is 11.6 Å². The van der Waals surface area contributed by atoms with Crippen molar-refractivity contribution in [2.75, 3.05) is 7.11 Å².